The van der Waals surface area contributed by atoms with E-state index in [1.165, 1.54) is 29.7 Å². The second-order valence-electron chi connectivity index (χ2n) is 5.46. The molecule has 0 saturated carbocycles. The molecule has 0 spiro atoms. The van der Waals surface area contributed by atoms with Crippen LogP contribution in [0.25, 0.3) is 0 Å². The van der Waals surface area contributed by atoms with Crippen molar-refractivity contribution >= 4 is 5.69 Å². The summed E-state index contributed by atoms with van der Waals surface area (Å²) >= 11 is 0. The monoisotopic (exact) mass is 263 g/mol. The van der Waals surface area contributed by atoms with Gasteiger partial charge in [0.1, 0.15) is 0 Å². The Kier molecular flexibility index (Phi) is 3.87. The molecule has 1 heterocycles. The van der Waals surface area contributed by atoms with Crippen molar-refractivity contribution in [2.24, 2.45) is 0 Å². The summed E-state index contributed by atoms with van der Waals surface area (Å²) in [6, 6.07) is 19.5. The Bertz CT molecular complexity index is 598. The molecule has 1 nitrogen and oxygen atoms in total. The predicted octanol–water partition coefficient (Wildman–Crippen LogP) is 4.93. The quantitative estimate of drug-likeness (QED) is 0.755. The van der Waals surface area contributed by atoms with Gasteiger partial charge in [0.05, 0.1) is 0 Å². The molecule has 1 aliphatic heterocycles. The van der Waals surface area contributed by atoms with Crippen LogP contribution in [0.3, 0.4) is 0 Å². The molecule has 1 aliphatic rings. The van der Waals surface area contributed by atoms with Crippen molar-refractivity contribution in [2.75, 3.05) is 4.90 Å². The minimum absolute atomic E-state index is 0.949. The third-order valence-electron chi connectivity index (χ3n) is 3.82. The number of hydrogen-bond acceptors (Lipinski definition) is 1. The van der Waals surface area contributed by atoms with Crippen LogP contribution in [0, 0.1) is 0 Å². The molecule has 0 fully saturated rings. The number of fused-ring (bicyclic) bond motifs is 1. The average Bonchev–Trinajstić information content (AvgIpc) is 2.49. The van der Waals surface area contributed by atoms with Gasteiger partial charge < -0.3 is 4.90 Å². The van der Waals surface area contributed by atoms with Crippen LogP contribution in [0.2, 0.25) is 0 Å². The van der Waals surface area contributed by atoms with Crippen LogP contribution in [0.15, 0.2) is 66.4 Å². The van der Waals surface area contributed by atoms with Gasteiger partial charge in [0.2, 0.25) is 0 Å². The van der Waals surface area contributed by atoms with Gasteiger partial charge in [0, 0.05) is 18.4 Å². The first-order valence-corrected chi connectivity index (χ1v) is 7.45. The predicted molar refractivity (Wildman–Crippen MR) is 85.8 cm³/mol. The Hall–Kier alpha value is -2.02. The van der Waals surface area contributed by atoms with Gasteiger partial charge in [0.25, 0.3) is 0 Å². The summed E-state index contributed by atoms with van der Waals surface area (Å²) in [5.41, 5.74) is 5.71. The van der Waals surface area contributed by atoms with E-state index in [0.29, 0.717) is 0 Å². The Labute approximate surface area is 121 Å². The van der Waals surface area contributed by atoms with E-state index in [2.05, 4.69) is 72.6 Å². The fourth-order valence-corrected chi connectivity index (χ4v) is 2.91. The smallest absolute Gasteiger partial charge is 0.0475 e. The van der Waals surface area contributed by atoms with E-state index in [4.69, 9.17) is 0 Å². The van der Waals surface area contributed by atoms with Gasteiger partial charge in [-0.15, -0.1) is 0 Å². The van der Waals surface area contributed by atoms with Gasteiger partial charge in [0.15, 0.2) is 0 Å². The Morgan fingerprint density at radius 3 is 2.50 bits per heavy atom. The van der Waals surface area contributed by atoms with Crippen LogP contribution in [0.5, 0.6) is 0 Å². The standard InChI is InChI=1S/C19H21N/c1-2-8-17-13-18-11-6-7-12-19(18)20(15-17)14-16-9-4-3-5-10-16/h3-7,9-12,15H,2,8,13-14H2,1H3. The van der Waals surface area contributed by atoms with Gasteiger partial charge in [-0.2, -0.15) is 0 Å². The largest absolute Gasteiger partial charge is 0.343 e. The molecule has 20 heavy (non-hydrogen) atoms. The Balaban J connectivity index is 1.91. The summed E-state index contributed by atoms with van der Waals surface area (Å²) < 4.78 is 0. The third kappa shape index (κ3) is 2.77. The maximum absolute atomic E-state index is 2.40. The SMILES string of the molecule is CCCC1=CN(Cc2ccccc2)c2ccccc2C1. The molecule has 0 aliphatic carbocycles. The molecule has 102 valence electrons. The van der Waals surface area contributed by atoms with Gasteiger partial charge in [-0.3, -0.25) is 0 Å². The zero-order valence-electron chi connectivity index (χ0n) is 12.0. The first-order valence-electron chi connectivity index (χ1n) is 7.45. The highest BCUT2D eigenvalue weighted by atomic mass is 15.1. The molecule has 0 atom stereocenters. The van der Waals surface area contributed by atoms with E-state index in [0.717, 1.165) is 13.0 Å². The highest BCUT2D eigenvalue weighted by molar-refractivity contribution is 5.60. The molecule has 0 N–H and O–H groups in total. The maximum Gasteiger partial charge on any atom is 0.0475 e. The van der Waals surface area contributed by atoms with Gasteiger partial charge >= 0.3 is 0 Å². The van der Waals surface area contributed by atoms with Gasteiger partial charge in [-0.25, -0.2) is 0 Å². The van der Waals surface area contributed by atoms with Crippen LogP contribution in [0.4, 0.5) is 5.69 Å². The third-order valence-corrected chi connectivity index (χ3v) is 3.82. The van der Waals surface area contributed by atoms with Crippen molar-refractivity contribution in [3.05, 3.63) is 77.5 Å². The number of rotatable bonds is 4. The highest BCUT2D eigenvalue weighted by Crippen LogP contribution is 2.31. The van der Waals surface area contributed by atoms with Crippen molar-refractivity contribution < 1.29 is 0 Å². The molecular weight excluding hydrogens is 242 g/mol. The Morgan fingerprint density at radius 1 is 0.950 bits per heavy atom. The average molecular weight is 263 g/mol. The van der Waals surface area contributed by atoms with E-state index in [-0.39, 0.29) is 0 Å². The van der Waals surface area contributed by atoms with Crippen LogP contribution >= 0.6 is 0 Å². The van der Waals surface area contributed by atoms with E-state index >= 15 is 0 Å². The number of nitrogens with zero attached hydrogens (tertiary/aromatic N) is 1. The van der Waals surface area contributed by atoms with Crippen molar-refractivity contribution in [2.45, 2.75) is 32.7 Å². The first kappa shape index (κ1) is 13.0. The van der Waals surface area contributed by atoms with Crippen LogP contribution in [0.1, 0.15) is 30.9 Å². The van der Waals surface area contributed by atoms with Crippen LogP contribution in [-0.4, -0.2) is 0 Å². The normalized spacial score (nSPS) is 13.8. The molecule has 2 aromatic rings. The second kappa shape index (κ2) is 5.96. The van der Waals surface area contributed by atoms with Gasteiger partial charge in [-0.05, 0) is 35.6 Å². The zero-order chi connectivity index (χ0) is 13.8. The molecule has 1 heteroatoms. The number of benzene rings is 2. The summed E-state index contributed by atoms with van der Waals surface area (Å²) in [6.45, 7) is 3.20. The second-order valence-corrected chi connectivity index (χ2v) is 5.46. The topological polar surface area (TPSA) is 3.24 Å². The molecule has 0 aromatic heterocycles. The summed E-state index contributed by atoms with van der Waals surface area (Å²) in [6.07, 6.45) is 5.88. The highest BCUT2D eigenvalue weighted by Gasteiger charge is 2.16. The number of hydrogen-bond donors (Lipinski definition) is 0. The first-order chi connectivity index (χ1) is 9.86. The molecule has 0 amide bonds. The van der Waals surface area contributed by atoms with E-state index in [1.54, 1.807) is 5.57 Å². The molecule has 0 radical (unpaired) electrons. The Morgan fingerprint density at radius 2 is 1.70 bits per heavy atom. The van der Waals surface area contributed by atoms with Crippen molar-refractivity contribution in [1.29, 1.82) is 0 Å². The molecule has 2 aromatic carbocycles. The summed E-state index contributed by atoms with van der Waals surface area (Å²) in [4.78, 5) is 2.40. The van der Waals surface area contributed by atoms with E-state index in [1.807, 2.05) is 0 Å². The van der Waals surface area contributed by atoms with Gasteiger partial charge in [-0.1, -0.05) is 61.9 Å². The van der Waals surface area contributed by atoms with E-state index < -0.39 is 0 Å². The number of anilines is 1. The molecular formula is C19H21N. The lowest BCUT2D eigenvalue weighted by Crippen LogP contribution is -2.21. The molecule has 0 unspecified atom stereocenters. The van der Waals surface area contributed by atoms with Crippen LogP contribution < -0.4 is 4.90 Å². The maximum atomic E-state index is 2.40. The molecule has 0 bridgehead atoms. The lowest BCUT2D eigenvalue weighted by molar-refractivity contribution is 0.824. The minimum atomic E-state index is 0.949. The molecule has 0 saturated heterocycles. The summed E-state index contributed by atoms with van der Waals surface area (Å²) in [7, 11) is 0. The van der Waals surface area contributed by atoms with Crippen molar-refractivity contribution in [3.63, 3.8) is 0 Å². The van der Waals surface area contributed by atoms with E-state index in [9.17, 15) is 0 Å². The fraction of sp³-hybridized carbons (Fsp3) is 0.263. The summed E-state index contributed by atoms with van der Waals surface area (Å²) in [5.74, 6) is 0. The number of para-hydroxylation sites is 1. The molecule has 3 rings (SSSR count). The van der Waals surface area contributed by atoms with Crippen molar-refractivity contribution in [3.8, 4) is 0 Å². The zero-order valence-corrected chi connectivity index (χ0v) is 12.0. The van der Waals surface area contributed by atoms with Crippen LogP contribution in [-0.2, 0) is 13.0 Å². The lowest BCUT2D eigenvalue weighted by Gasteiger charge is -2.29. The minimum Gasteiger partial charge on any atom is -0.343 e. The lowest BCUT2D eigenvalue weighted by atomic mass is 9.96. The summed E-state index contributed by atoms with van der Waals surface area (Å²) in [5, 5.41) is 0. The fourth-order valence-electron chi connectivity index (χ4n) is 2.91. The van der Waals surface area contributed by atoms with Crippen molar-refractivity contribution in [1.82, 2.24) is 0 Å². The number of allylic oxidation sites excluding steroid dienone is 1.